The molecule has 6 heteroatoms. The van der Waals surface area contributed by atoms with E-state index in [0.717, 1.165) is 30.2 Å². The van der Waals surface area contributed by atoms with Gasteiger partial charge >= 0.3 is 0 Å². The summed E-state index contributed by atoms with van der Waals surface area (Å²) in [6.07, 6.45) is 4.22. The molecule has 2 aliphatic rings. The molecule has 1 fully saturated rings. The first-order chi connectivity index (χ1) is 10.5. The SMILES string of the molecule is CC1CCCN(C2=NC(=O)/C(=C\c3ccc(Cl)c(Cl)c3)S2)C1. The Morgan fingerprint density at radius 3 is 2.91 bits per heavy atom. The molecule has 2 aliphatic heterocycles. The van der Waals surface area contributed by atoms with Crippen molar-refractivity contribution in [3.8, 4) is 0 Å². The first kappa shape index (κ1) is 15.9. The molecule has 0 N–H and O–H groups in total. The van der Waals surface area contributed by atoms with E-state index in [1.165, 1.54) is 18.2 Å². The Bertz CT molecular complexity index is 672. The molecule has 0 bridgehead atoms. The number of rotatable bonds is 1. The quantitative estimate of drug-likeness (QED) is 0.685. The van der Waals surface area contributed by atoms with Crippen LogP contribution in [0.2, 0.25) is 10.0 Å². The van der Waals surface area contributed by atoms with Crippen LogP contribution in [0.25, 0.3) is 6.08 Å². The molecule has 2 heterocycles. The molecule has 1 atom stereocenters. The van der Waals surface area contributed by atoms with Crippen LogP contribution in [-0.4, -0.2) is 29.1 Å². The van der Waals surface area contributed by atoms with Gasteiger partial charge in [0.05, 0.1) is 15.0 Å². The third kappa shape index (κ3) is 3.50. The van der Waals surface area contributed by atoms with Gasteiger partial charge in [-0.05, 0) is 54.3 Å². The Morgan fingerprint density at radius 2 is 2.18 bits per heavy atom. The van der Waals surface area contributed by atoms with Crippen molar-refractivity contribution in [1.82, 2.24) is 4.90 Å². The maximum atomic E-state index is 12.1. The fourth-order valence-corrected chi connectivity index (χ4v) is 3.90. The van der Waals surface area contributed by atoms with Crippen molar-refractivity contribution in [2.75, 3.05) is 13.1 Å². The number of likely N-dealkylation sites (tertiary alicyclic amines) is 1. The zero-order valence-electron chi connectivity index (χ0n) is 12.2. The predicted molar refractivity (Wildman–Crippen MR) is 94.4 cm³/mol. The second-order valence-electron chi connectivity index (χ2n) is 5.68. The van der Waals surface area contributed by atoms with Crippen molar-refractivity contribution in [2.24, 2.45) is 10.9 Å². The van der Waals surface area contributed by atoms with Crippen LogP contribution >= 0.6 is 35.0 Å². The largest absolute Gasteiger partial charge is 0.351 e. The molecule has 116 valence electrons. The first-order valence-electron chi connectivity index (χ1n) is 7.25. The van der Waals surface area contributed by atoms with Gasteiger partial charge in [0, 0.05) is 13.1 Å². The second kappa shape index (κ2) is 6.65. The zero-order valence-corrected chi connectivity index (χ0v) is 14.5. The number of carbonyl (C=O) groups excluding carboxylic acids is 1. The third-order valence-electron chi connectivity index (χ3n) is 3.78. The number of benzene rings is 1. The van der Waals surface area contributed by atoms with Crippen LogP contribution < -0.4 is 0 Å². The van der Waals surface area contributed by atoms with Crippen LogP contribution in [0.1, 0.15) is 25.3 Å². The lowest BCUT2D eigenvalue weighted by Gasteiger charge is -2.31. The third-order valence-corrected chi connectivity index (χ3v) is 5.56. The van der Waals surface area contributed by atoms with E-state index < -0.39 is 0 Å². The van der Waals surface area contributed by atoms with Crippen LogP contribution in [0.3, 0.4) is 0 Å². The van der Waals surface area contributed by atoms with E-state index in [1.54, 1.807) is 12.1 Å². The average Bonchev–Trinajstić information content (AvgIpc) is 2.84. The van der Waals surface area contributed by atoms with E-state index in [1.807, 2.05) is 12.1 Å². The number of hydrogen-bond acceptors (Lipinski definition) is 3. The molecule has 22 heavy (non-hydrogen) atoms. The summed E-state index contributed by atoms with van der Waals surface area (Å²) in [5.74, 6) is 0.472. The minimum atomic E-state index is -0.177. The molecule has 0 aliphatic carbocycles. The zero-order chi connectivity index (χ0) is 15.7. The number of nitrogens with zero attached hydrogens (tertiary/aromatic N) is 2. The fraction of sp³-hybridized carbons (Fsp3) is 0.375. The van der Waals surface area contributed by atoms with Crippen molar-refractivity contribution in [1.29, 1.82) is 0 Å². The fourth-order valence-electron chi connectivity index (χ4n) is 2.65. The molecule has 1 aromatic carbocycles. The first-order valence-corrected chi connectivity index (χ1v) is 8.83. The van der Waals surface area contributed by atoms with Crippen molar-refractivity contribution >= 4 is 52.1 Å². The van der Waals surface area contributed by atoms with Gasteiger partial charge < -0.3 is 4.90 Å². The van der Waals surface area contributed by atoms with Crippen molar-refractivity contribution in [2.45, 2.75) is 19.8 Å². The maximum Gasteiger partial charge on any atom is 0.286 e. The Balaban J connectivity index is 1.76. The van der Waals surface area contributed by atoms with Gasteiger partial charge in [-0.15, -0.1) is 0 Å². The number of amidine groups is 1. The lowest BCUT2D eigenvalue weighted by Crippen LogP contribution is -2.37. The van der Waals surface area contributed by atoms with Crippen molar-refractivity contribution in [3.63, 3.8) is 0 Å². The number of amides is 1. The van der Waals surface area contributed by atoms with E-state index in [0.29, 0.717) is 20.9 Å². The van der Waals surface area contributed by atoms with Gasteiger partial charge in [0.1, 0.15) is 0 Å². The Morgan fingerprint density at radius 1 is 1.36 bits per heavy atom. The number of aliphatic imine (C=N–C) groups is 1. The molecule has 0 saturated carbocycles. The van der Waals surface area contributed by atoms with Crippen molar-refractivity contribution < 1.29 is 4.79 Å². The standard InChI is InChI=1S/C16H16Cl2N2OS/c1-10-3-2-6-20(9-10)16-19-15(21)14(22-16)8-11-4-5-12(17)13(18)7-11/h4-5,7-8,10H,2-3,6,9H2,1H3/b14-8+. The number of carbonyl (C=O) groups is 1. The summed E-state index contributed by atoms with van der Waals surface area (Å²) in [6.45, 7) is 4.18. The summed E-state index contributed by atoms with van der Waals surface area (Å²) in [4.78, 5) is 19.2. The molecular weight excluding hydrogens is 339 g/mol. The Hall–Kier alpha value is -0.970. The minimum Gasteiger partial charge on any atom is -0.351 e. The number of piperidine rings is 1. The summed E-state index contributed by atoms with van der Waals surface area (Å²) in [5, 5.41) is 1.81. The van der Waals surface area contributed by atoms with Crippen molar-refractivity contribution in [3.05, 3.63) is 38.7 Å². The lowest BCUT2D eigenvalue weighted by molar-refractivity contribution is -0.113. The lowest BCUT2D eigenvalue weighted by atomic mass is 10.0. The smallest absolute Gasteiger partial charge is 0.286 e. The van der Waals surface area contributed by atoms with Gasteiger partial charge in [0.15, 0.2) is 5.17 Å². The highest BCUT2D eigenvalue weighted by molar-refractivity contribution is 8.18. The average molecular weight is 355 g/mol. The van der Waals surface area contributed by atoms with Gasteiger partial charge in [-0.2, -0.15) is 4.99 Å². The van der Waals surface area contributed by atoms with Gasteiger partial charge in [0.25, 0.3) is 5.91 Å². The number of thioether (sulfide) groups is 1. The topological polar surface area (TPSA) is 32.7 Å². The van der Waals surface area contributed by atoms with Gasteiger partial charge in [0.2, 0.25) is 0 Å². The number of hydrogen-bond donors (Lipinski definition) is 0. The summed E-state index contributed by atoms with van der Waals surface area (Å²) in [5.41, 5.74) is 0.855. The molecule has 1 unspecified atom stereocenters. The molecule has 3 nitrogen and oxygen atoms in total. The van der Waals surface area contributed by atoms with Crippen LogP contribution in [0.4, 0.5) is 0 Å². The molecule has 3 rings (SSSR count). The number of halogens is 2. The van der Waals surface area contributed by atoms with Crippen LogP contribution in [0, 0.1) is 5.92 Å². The normalized spacial score (nSPS) is 24.0. The van der Waals surface area contributed by atoms with Gasteiger partial charge in [-0.1, -0.05) is 36.2 Å². The molecule has 0 spiro atoms. The van der Waals surface area contributed by atoms with Gasteiger partial charge in [-0.25, -0.2) is 0 Å². The molecule has 0 radical (unpaired) electrons. The molecule has 1 aromatic rings. The van der Waals surface area contributed by atoms with Crippen LogP contribution in [-0.2, 0) is 4.79 Å². The maximum absolute atomic E-state index is 12.1. The van der Waals surface area contributed by atoms with E-state index in [4.69, 9.17) is 23.2 Å². The highest BCUT2D eigenvalue weighted by Gasteiger charge is 2.28. The summed E-state index contributed by atoms with van der Waals surface area (Å²) in [7, 11) is 0. The monoisotopic (exact) mass is 354 g/mol. The van der Waals surface area contributed by atoms with Crippen LogP contribution in [0.5, 0.6) is 0 Å². The minimum absolute atomic E-state index is 0.177. The molecule has 1 saturated heterocycles. The highest BCUT2D eigenvalue weighted by Crippen LogP contribution is 2.33. The van der Waals surface area contributed by atoms with E-state index >= 15 is 0 Å². The second-order valence-corrected chi connectivity index (χ2v) is 7.50. The van der Waals surface area contributed by atoms with Crippen LogP contribution in [0.15, 0.2) is 28.1 Å². The van der Waals surface area contributed by atoms with E-state index in [9.17, 15) is 4.79 Å². The Kier molecular flexibility index (Phi) is 4.81. The van der Waals surface area contributed by atoms with Gasteiger partial charge in [-0.3, -0.25) is 4.79 Å². The predicted octanol–water partition coefficient (Wildman–Crippen LogP) is 4.70. The Labute approximate surface area is 144 Å². The highest BCUT2D eigenvalue weighted by atomic mass is 35.5. The van der Waals surface area contributed by atoms with E-state index in [2.05, 4.69) is 16.8 Å². The molecular formula is C16H16Cl2N2OS. The van der Waals surface area contributed by atoms with E-state index in [-0.39, 0.29) is 5.91 Å². The summed E-state index contributed by atoms with van der Waals surface area (Å²) >= 11 is 13.4. The molecule has 0 aromatic heterocycles. The summed E-state index contributed by atoms with van der Waals surface area (Å²) in [6, 6.07) is 5.33. The summed E-state index contributed by atoms with van der Waals surface area (Å²) < 4.78 is 0. The molecule has 1 amide bonds.